The molecule has 2 aromatic carbocycles. The topological polar surface area (TPSA) is 65.5 Å². The molecule has 1 heterocycles. The van der Waals surface area contributed by atoms with E-state index in [2.05, 4.69) is 5.10 Å². The number of benzene rings is 2. The molecule has 0 N–H and O–H groups in total. The monoisotopic (exact) mass is 434 g/mol. The summed E-state index contributed by atoms with van der Waals surface area (Å²) in [6.45, 7) is 3.32. The number of hydrogen-bond acceptors (Lipinski definition) is 6. The largest absolute Gasteiger partial charge is 0.460 e. The number of rotatable bonds is 4. The maximum atomic E-state index is 12.6. The van der Waals surface area contributed by atoms with Gasteiger partial charge < -0.3 is 4.74 Å². The van der Waals surface area contributed by atoms with Crippen molar-refractivity contribution >= 4 is 46.6 Å². The molecule has 9 heteroatoms. The highest BCUT2D eigenvalue weighted by atomic mass is 35.5. The van der Waals surface area contributed by atoms with Crippen molar-refractivity contribution in [1.82, 2.24) is 10.0 Å². The van der Waals surface area contributed by atoms with E-state index in [1.807, 2.05) is 12.1 Å². The van der Waals surface area contributed by atoms with Gasteiger partial charge in [0.1, 0.15) is 0 Å². The van der Waals surface area contributed by atoms with Crippen molar-refractivity contribution in [2.24, 2.45) is 5.10 Å². The molecule has 0 spiro atoms. The number of carbonyl (C=O) groups is 2. The lowest BCUT2D eigenvalue weighted by molar-refractivity contribution is -0.147. The minimum atomic E-state index is -0.644. The number of nitrogens with zero attached hydrogens (tertiary/aromatic N) is 4. The van der Waals surface area contributed by atoms with Crippen LogP contribution in [0.25, 0.3) is 0 Å². The fourth-order valence-corrected chi connectivity index (χ4v) is 3.31. The summed E-state index contributed by atoms with van der Waals surface area (Å²) in [4.78, 5) is 25.1. The first-order valence-electron chi connectivity index (χ1n) is 8.93. The van der Waals surface area contributed by atoms with Gasteiger partial charge in [-0.15, -0.1) is 5.10 Å². The highest BCUT2D eigenvalue weighted by molar-refractivity contribution is 6.35. The van der Waals surface area contributed by atoms with E-state index in [1.54, 1.807) is 55.4 Å². The molecular weight excluding hydrogens is 415 g/mol. The Labute approximate surface area is 179 Å². The van der Waals surface area contributed by atoms with Crippen LogP contribution in [-0.2, 0) is 14.3 Å². The maximum Gasteiger partial charge on any atom is 0.377 e. The molecule has 29 heavy (non-hydrogen) atoms. The molecule has 0 aromatic heterocycles. The highest BCUT2D eigenvalue weighted by Gasteiger charge is 2.40. The van der Waals surface area contributed by atoms with Crippen LogP contribution < -0.4 is 5.01 Å². The molecule has 0 saturated carbocycles. The summed E-state index contributed by atoms with van der Waals surface area (Å²) >= 11 is 12.1. The Morgan fingerprint density at radius 3 is 2.10 bits per heavy atom. The van der Waals surface area contributed by atoms with Crippen LogP contribution >= 0.6 is 23.2 Å². The Hall–Kier alpha value is -2.77. The molecule has 0 radical (unpaired) electrons. The standard InChI is InChI=1S/C20H20Cl2N4O3/c1-4-29-20(28)18-23-25(17-11-9-16(22)10-12-17)19(26(13(2)27)24(18)3)14-5-7-15(21)8-6-14/h5-12,19H,4H2,1-3H3/t19-/m0/s1. The first kappa shape index (κ1) is 21.0. The van der Waals surface area contributed by atoms with Gasteiger partial charge in [-0.2, -0.15) is 0 Å². The Balaban J connectivity index is 2.19. The van der Waals surface area contributed by atoms with Crippen molar-refractivity contribution in [2.45, 2.75) is 20.0 Å². The molecule has 1 amide bonds. The first-order valence-corrected chi connectivity index (χ1v) is 9.68. The number of ether oxygens (including phenoxy) is 1. The van der Waals surface area contributed by atoms with Gasteiger partial charge in [-0.05, 0) is 48.9 Å². The number of hydrogen-bond donors (Lipinski definition) is 0. The summed E-state index contributed by atoms with van der Waals surface area (Å²) in [5, 5.41) is 10.1. The van der Waals surface area contributed by atoms with E-state index in [1.165, 1.54) is 16.9 Å². The van der Waals surface area contributed by atoms with E-state index in [-0.39, 0.29) is 18.3 Å². The third-order valence-corrected chi connectivity index (χ3v) is 4.84. The number of carbonyl (C=O) groups excluding carboxylic acids is 2. The van der Waals surface area contributed by atoms with E-state index >= 15 is 0 Å². The third kappa shape index (κ3) is 4.31. The van der Waals surface area contributed by atoms with Gasteiger partial charge in [0, 0.05) is 24.0 Å². The number of likely N-dealkylation sites (N-methyl/N-ethyl adjacent to an activating group) is 1. The van der Waals surface area contributed by atoms with Crippen molar-refractivity contribution in [3.8, 4) is 0 Å². The van der Waals surface area contributed by atoms with E-state index in [0.29, 0.717) is 15.7 Å². The minimum Gasteiger partial charge on any atom is -0.460 e. The molecule has 0 saturated heterocycles. The number of esters is 1. The predicted octanol–water partition coefficient (Wildman–Crippen LogP) is 4.08. The SMILES string of the molecule is CCOC(=O)C1=NN(c2ccc(Cl)cc2)[C@H](c2ccc(Cl)cc2)N(C(C)=O)N1C. The molecule has 2 aromatic rings. The van der Waals surface area contributed by atoms with Gasteiger partial charge in [-0.25, -0.2) is 14.8 Å². The fourth-order valence-electron chi connectivity index (χ4n) is 3.05. The Morgan fingerprint density at radius 2 is 1.59 bits per heavy atom. The molecular formula is C20H20Cl2N4O3. The number of anilines is 1. The molecule has 3 rings (SSSR count). The average molecular weight is 435 g/mol. The minimum absolute atomic E-state index is 0.0118. The van der Waals surface area contributed by atoms with Crippen molar-refractivity contribution < 1.29 is 14.3 Å². The molecule has 1 aliphatic rings. The lowest BCUT2D eigenvalue weighted by Gasteiger charge is -2.46. The van der Waals surface area contributed by atoms with E-state index in [4.69, 9.17) is 27.9 Å². The highest BCUT2D eigenvalue weighted by Crippen LogP contribution is 2.35. The van der Waals surface area contributed by atoms with Gasteiger partial charge in [-0.3, -0.25) is 9.80 Å². The van der Waals surface area contributed by atoms with Gasteiger partial charge in [0.2, 0.25) is 5.91 Å². The van der Waals surface area contributed by atoms with Crippen LogP contribution in [0.3, 0.4) is 0 Å². The van der Waals surface area contributed by atoms with Gasteiger partial charge in [0.05, 0.1) is 12.3 Å². The summed E-state index contributed by atoms with van der Waals surface area (Å²) in [6.07, 6.45) is -0.644. The van der Waals surface area contributed by atoms with Crippen molar-refractivity contribution in [3.63, 3.8) is 0 Å². The molecule has 0 fully saturated rings. The Morgan fingerprint density at radius 1 is 1.03 bits per heavy atom. The summed E-state index contributed by atoms with van der Waals surface area (Å²) in [5.74, 6) is -0.917. The summed E-state index contributed by atoms with van der Waals surface area (Å²) in [6, 6.07) is 14.1. The van der Waals surface area contributed by atoms with Crippen molar-refractivity contribution in [3.05, 3.63) is 64.1 Å². The third-order valence-electron chi connectivity index (χ3n) is 4.34. The number of amides is 1. The summed E-state index contributed by atoms with van der Waals surface area (Å²) in [5.41, 5.74) is 1.41. The quantitative estimate of drug-likeness (QED) is 0.678. The number of amidine groups is 1. The van der Waals surface area contributed by atoms with Crippen molar-refractivity contribution in [1.29, 1.82) is 0 Å². The molecule has 1 aliphatic heterocycles. The van der Waals surface area contributed by atoms with E-state index in [9.17, 15) is 9.59 Å². The first-order chi connectivity index (χ1) is 13.8. The van der Waals surface area contributed by atoms with E-state index < -0.39 is 12.1 Å². The van der Waals surface area contributed by atoms with Crippen LogP contribution in [0.2, 0.25) is 10.0 Å². The predicted molar refractivity (Wildman–Crippen MR) is 112 cm³/mol. The molecule has 7 nitrogen and oxygen atoms in total. The van der Waals surface area contributed by atoms with Gasteiger partial charge in [0.25, 0.3) is 5.84 Å². The Bertz CT molecular complexity index is 932. The smallest absolute Gasteiger partial charge is 0.377 e. The molecule has 0 bridgehead atoms. The number of hydrazone groups is 1. The van der Waals surface area contributed by atoms with Crippen LogP contribution in [0.15, 0.2) is 53.6 Å². The Kier molecular flexibility index (Phi) is 6.30. The fraction of sp³-hybridized carbons (Fsp3) is 0.250. The van der Waals surface area contributed by atoms with Crippen LogP contribution in [0.4, 0.5) is 5.69 Å². The zero-order chi connectivity index (χ0) is 21.1. The molecule has 0 aliphatic carbocycles. The molecule has 0 unspecified atom stereocenters. The normalized spacial score (nSPS) is 16.5. The lowest BCUT2D eigenvalue weighted by atomic mass is 10.1. The average Bonchev–Trinajstić information content (AvgIpc) is 2.69. The van der Waals surface area contributed by atoms with Crippen LogP contribution in [-0.4, -0.2) is 41.4 Å². The van der Waals surface area contributed by atoms with Crippen LogP contribution in [0, 0.1) is 0 Å². The van der Waals surface area contributed by atoms with Crippen molar-refractivity contribution in [2.75, 3.05) is 18.7 Å². The maximum absolute atomic E-state index is 12.6. The molecule has 152 valence electrons. The van der Waals surface area contributed by atoms with Gasteiger partial charge in [0.15, 0.2) is 6.17 Å². The second kappa shape index (κ2) is 8.71. The summed E-state index contributed by atoms with van der Waals surface area (Å²) < 4.78 is 5.13. The zero-order valence-electron chi connectivity index (χ0n) is 16.2. The van der Waals surface area contributed by atoms with E-state index in [0.717, 1.165) is 5.56 Å². The second-order valence-corrected chi connectivity index (χ2v) is 7.15. The van der Waals surface area contributed by atoms with Gasteiger partial charge in [-0.1, -0.05) is 35.3 Å². The van der Waals surface area contributed by atoms with Gasteiger partial charge >= 0.3 is 5.97 Å². The molecule has 1 atom stereocenters. The second-order valence-electron chi connectivity index (χ2n) is 6.28. The zero-order valence-corrected chi connectivity index (χ0v) is 17.7. The lowest BCUT2D eigenvalue weighted by Crippen LogP contribution is -2.58. The van der Waals surface area contributed by atoms with Crippen LogP contribution in [0.1, 0.15) is 25.6 Å². The van der Waals surface area contributed by atoms with Crippen LogP contribution in [0.5, 0.6) is 0 Å². The summed E-state index contributed by atoms with van der Waals surface area (Å²) in [7, 11) is 1.60. The number of hydrazine groups is 1. The number of halogens is 2.